The van der Waals surface area contributed by atoms with Crippen LogP contribution in [0.4, 0.5) is 5.69 Å². The summed E-state index contributed by atoms with van der Waals surface area (Å²) < 4.78 is 18.0. The van der Waals surface area contributed by atoms with Crippen molar-refractivity contribution in [3.8, 4) is 17.2 Å². The van der Waals surface area contributed by atoms with E-state index in [0.717, 1.165) is 16.7 Å². The van der Waals surface area contributed by atoms with E-state index in [4.69, 9.17) is 14.2 Å². The number of benzene rings is 2. The first kappa shape index (κ1) is 15.3. The van der Waals surface area contributed by atoms with E-state index in [1.54, 1.807) is 29.1 Å². The maximum absolute atomic E-state index is 10.9. The highest BCUT2D eigenvalue weighted by molar-refractivity contribution is 5.80. The Kier molecular flexibility index (Phi) is 3.85. The lowest BCUT2D eigenvalue weighted by molar-refractivity contribution is -0.384. The average Bonchev–Trinajstić information content (AvgIpc) is 3.24. The highest BCUT2D eigenvalue weighted by atomic mass is 16.7. The molecule has 0 saturated heterocycles. The zero-order chi connectivity index (χ0) is 17.2. The second kappa shape index (κ2) is 6.31. The summed E-state index contributed by atoms with van der Waals surface area (Å²) in [5, 5.41) is 16.1. The Morgan fingerprint density at radius 3 is 2.96 bits per heavy atom. The van der Waals surface area contributed by atoms with Crippen LogP contribution >= 0.6 is 0 Å². The van der Waals surface area contributed by atoms with Crippen molar-refractivity contribution in [1.29, 1.82) is 0 Å². The van der Waals surface area contributed by atoms with Gasteiger partial charge in [-0.05, 0) is 18.2 Å². The maximum atomic E-state index is 10.9. The van der Waals surface area contributed by atoms with Gasteiger partial charge in [0.05, 0.1) is 23.2 Å². The highest BCUT2D eigenvalue weighted by Crippen LogP contribution is 2.35. The number of hydrogen-bond donors (Lipinski definition) is 0. The predicted octanol–water partition coefficient (Wildman–Crippen LogP) is 3.14. The largest absolute Gasteiger partial charge is 0.493 e. The fourth-order valence-corrected chi connectivity index (χ4v) is 2.72. The fraction of sp³-hybridized carbons (Fsp3) is 0.235. The Morgan fingerprint density at radius 1 is 1.20 bits per heavy atom. The van der Waals surface area contributed by atoms with Crippen LogP contribution < -0.4 is 14.2 Å². The van der Waals surface area contributed by atoms with E-state index in [0.29, 0.717) is 31.1 Å². The summed E-state index contributed by atoms with van der Waals surface area (Å²) in [6.07, 6.45) is 2.42. The van der Waals surface area contributed by atoms with Gasteiger partial charge in [0.15, 0.2) is 11.5 Å². The number of nitrogens with zero attached hydrogens (tertiary/aromatic N) is 3. The summed E-state index contributed by atoms with van der Waals surface area (Å²) in [4.78, 5) is 10.5. The van der Waals surface area contributed by atoms with Gasteiger partial charge in [0.1, 0.15) is 5.75 Å². The second-order valence-corrected chi connectivity index (χ2v) is 5.59. The van der Waals surface area contributed by atoms with Gasteiger partial charge in [-0.3, -0.25) is 14.8 Å². The van der Waals surface area contributed by atoms with E-state index < -0.39 is 4.92 Å². The molecule has 4 rings (SSSR count). The third kappa shape index (κ3) is 3.06. The third-order valence-electron chi connectivity index (χ3n) is 3.97. The Morgan fingerprint density at radius 2 is 2.08 bits per heavy atom. The van der Waals surface area contributed by atoms with E-state index in [9.17, 15) is 10.1 Å². The second-order valence-electron chi connectivity index (χ2n) is 5.59. The van der Waals surface area contributed by atoms with Crippen LogP contribution in [0.15, 0.2) is 42.6 Å². The number of fused-ring (bicyclic) bond motifs is 2. The van der Waals surface area contributed by atoms with Gasteiger partial charge in [-0.2, -0.15) is 5.10 Å². The molecule has 1 aromatic heterocycles. The molecule has 1 aliphatic rings. The molecule has 0 saturated carbocycles. The molecule has 8 nitrogen and oxygen atoms in total. The van der Waals surface area contributed by atoms with Crippen LogP contribution in [0.1, 0.15) is 6.42 Å². The lowest BCUT2D eigenvalue weighted by Gasteiger charge is -2.07. The molecule has 0 unspecified atom stereocenters. The first-order chi connectivity index (χ1) is 12.2. The lowest BCUT2D eigenvalue weighted by Crippen LogP contribution is -2.05. The maximum Gasteiger partial charge on any atom is 0.271 e. The predicted molar refractivity (Wildman–Crippen MR) is 89.1 cm³/mol. The van der Waals surface area contributed by atoms with Gasteiger partial charge in [-0.25, -0.2) is 0 Å². The molecule has 3 aromatic rings. The zero-order valence-electron chi connectivity index (χ0n) is 13.3. The molecule has 0 atom stereocenters. The zero-order valence-corrected chi connectivity index (χ0v) is 13.3. The van der Waals surface area contributed by atoms with Crippen molar-refractivity contribution in [2.75, 3.05) is 13.4 Å². The monoisotopic (exact) mass is 341 g/mol. The molecule has 1 aliphatic heterocycles. The minimum atomic E-state index is -0.403. The van der Waals surface area contributed by atoms with Crippen molar-refractivity contribution < 1.29 is 19.1 Å². The first-order valence-corrected chi connectivity index (χ1v) is 7.83. The van der Waals surface area contributed by atoms with Crippen molar-refractivity contribution in [2.45, 2.75) is 13.0 Å². The molecule has 0 radical (unpaired) electrons. The number of non-ortho nitro benzene ring substituents is 1. The Labute approximate surface area is 142 Å². The number of nitro benzene ring substituents is 1. The molecule has 2 heterocycles. The Balaban J connectivity index is 1.38. The van der Waals surface area contributed by atoms with Crippen LogP contribution in [-0.4, -0.2) is 28.1 Å². The van der Waals surface area contributed by atoms with Crippen molar-refractivity contribution in [3.63, 3.8) is 0 Å². The summed E-state index contributed by atoms with van der Waals surface area (Å²) in [5.74, 6) is 2.12. The van der Waals surface area contributed by atoms with Crippen LogP contribution in [-0.2, 0) is 6.54 Å². The first-order valence-electron chi connectivity index (χ1n) is 7.83. The number of rotatable bonds is 6. The van der Waals surface area contributed by atoms with Gasteiger partial charge in [-0.15, -0.1) is 0 Å². The van der Waals surface area contributed by atoms with Crippen molar-refractivity contribution in [3.05, 3.63) is 52.7 Å². The molecule has 128 valence electrons. The lowest BCUT2D eigenvalue weighted by atomic mass is 10.2. The minimum Gasteiger partial charge on any atom is -0.493 e. The minimum absolute atomic E-state index is 0.0610. The number of aromatic nitrogens is 2. The van der Waals surface area contributed by atoms with Crippen molar-refractivity contribution in [2.24, 2.45) is 0 Å². The van der Waals surface area contributed by atoms with E-state index in [2.05, 4.69) is 5.10 Å². The summed E-state index contributed by atoms with van der Waals surface area (Å²) in [6.45, 7) is 1.34. The normalized spacial score (nSPS) is 12.5. The van der Waals surface area contributed by atoms with Crippen LogP contribution in [0, 0.1) is 10.1 Å². The molecular weight excluding hydrogens is 326 g/mol. The molecule has 0 fully saturated rings. The van der Waals surface area contributed by atoms with E-state index in [-0.39, 0.29) is 12.5 Å². The SMILES string of the molecule is O=[N+]([O-])c1ccc2cnn(CCCOc3ccc4c(c3)OCO4)c2c1. The molecule has 0 amide bonds. The average molecular weight is 341 g/mol. The summed E-state index contributed by atoms with van der Waals surface area (Å²) in [7, 11) is 0. The number of ether oxygens (including phenoxy) is 3. The molecule has 8 heteroatoms. The van der Waals surface area contributed by atoms with Gasteiger partial charge in [0.25, 0.3) is 5.69 Å². The van der Waals surface area contributed by atoms with Crippen LogP contribution in [0.2, 0.25) is 0 Å². The van der Waals surface area contributed by atoms with Crippen molar-refractivity contribution in [1.82, 2.24) is 9.78 Å². The Hall–Kier alpha value is -3.29. The van der Waals surface area contributed by atoms with Crippen LogP contribution in [0.25, 0.3) is 10.9 Å². The third-order valence-corrected chi connectivity index (χ3v) is 3.97. The summed E-state index contributed by atoms with van der Waals surface area (Å²) >= 11 is 0. The quantitative estimate of drug-likeness (QED) is 0.389. The fourth-order valence-electron chi connectivity index (χ4n) is 2.72. The molecule has 2 aromatic carbocycles. The van der Waals surface area contributed by atoms with Crippen molar-refractivity contribution >= 4 is 16.6 Å². The van der Waals surface area contributed by atoms with Crippen LogP contribution in [0.3, 0.4) is 0 Å². The van der Waals surface area contributed by atoms with E-state index in [1.807, 2.05) is 12.1 Å². The van der Waals surface area contributed by atoms with Crippen LogP contribution in [0.5, 0.6) is 17.2 Å². The van der Waals surface area contributed by atoms with E-state index >= 15 is 0 Å². The molecule has 0 bridgehead atoms. The van der Waals surface area contributed by atoms with Gasteiger partial charge >= 0.3 is 0 Å². The Bertz CT molecular complexity index is 937. The van der Waals surface area contributed by atoms with Gasteiger partial charge < -0.3 is 14.2 Å². The standard InChI is InChI=1S/C17H15N3O5/c21-20(22)13-3-2-12-10-18-19(15(12)8-13)6-1-7-23-14-4-5-16-17(9-14)25-11-24-16/h2-5,8-10H,1,6-7,11H2. The molecular formula is C17H15N3O5. The molecule has 0 N–H and O–H groups in total. The molecule has 0 spiro atoms. The number of nitro groups is 1. The number of hydrogen-bond acceptors (Lipinski definition) is 6. The van der Waals surface area contributed by atoms with E-state index in [1.165, 1.54) is 6.07 Å². The topological polar surface area (TPSA) is 88.7 Å². The van der Waals surface area contributed by atoms with Gasteiger partial charge in [0, 0.05) is 36.6 Å². The highest BCUT2D eigenvalue weighted by Gasteiger charge is 2.14. The molecule has 25 heavy (non-hydrogen) atoms. The smallest absolute Gasteiger partial charge is 0.271 e. The van der Waals surface area contributed by atoms with Gasteiger partial charge in [0.2, 0.25) is 6.79 Å². The summed E-state index contributed by atoms with van der Waals surface area (Å²) in [5.41, 5.74) is 0.808. The summed E-state index contributed by atoms with van der Waals surface area (Å²) in [6, 6.07) is 10.2. The molecule has 0 aliphatic carbocycles. The number of aryl methyl sites for hydroxylation is 1. The van der Waals surface area contributed by atoms with Gasteiger partial charge in [-0.1, -0.05) is 0 Å².